The molecule has 8 heteroatoms. The van der Waals surface area contributed by atoms with Crippen LogP contribution in [0.5, 0.6) is 0 Å². The number of anilines is 3. The van der Waals surface area contributed by atoms with Gasteiger partial charge < -0.3 is 19.9 Å². The quantitative estimate of drug-likeness (QED) is 0.708. The number of hydrogen-bond donors (Lipinski definition) is 1. The Morgan fingerprint density at radius 3 is 2.53 bits per heavy atom. The molecule has 1 aromatic carbocycles. The van der Waals surface area contributed by atoms with Crippen LogP contribution in [0.1, 0.15) is 25.0 Å². The Morgan fingerprint density at radius 2 is 1.77 bits per heavy atom. The summed E-state index contributed by atoms with van der Waals surface area (Å²) < 4.78 is 5.43. The monoisotopic (exact) mass is 411 g/mol. The molecule has 1 N–H and O–H groups in total. The maximum absolute atomic E-state index is 5.43. The molecular formula is C22H33N7O. The molecule has 1 aromatic heterocycles. The summed E-state index contributed by atoms with van der Waals surface area (Å²) in [5.74, 6) is 2.17. The van der Waals surface area contributed by atoms with Crippen molar-refractivity contribution in [1.29, 1.82) is 0 Å². The third-order valence-corrected chi connectivity index (χ3v) is 5.89. The van der Waals surface area contributed by atoms with Crippen molar-refractivity contribution in [2.24, 2.45) is 0 Å². The van der Waals surface area contributed by atoms with Crippen LogP contribution in [0.2, 0.25) is 0 Å². The summed E-state index contributed by atoms with van der Waals surface area (Å²) in [6.07, 6.45) is 1.02. The van der Waals surface area contributed by atoms with E-state index in [1.54, 1.807) is 0 Å². The molecule has 0 spiro atoms. The predicted molar refractivity (Wildman–Crippen MR) is 120 cm³/mol. The second kappa shape index (κ2) is 10.0. The van der Waals surface area contributed by atoms with Gasteiger partial charge >= 0.3 is 0 Å². The van der Waals surface area contributed by atoms with Crippen LogP contribution in [0.3, 0.4) is 0 Å². The van der Waals surface area contributed by atoms with Gasteiger partial charge in [-0.25, -0.2) is 0 Å². The van der Waals surface area contributed by atoms with Crippen LogP contribution in [0, 0.1) is 0 Å². The summed E-state index contributed by atoms with van der Waals surface area (Å²) in [5, 5.41) is 3.44. The molecule has 0 bridgehead atoms. The number of fused-ring (bicyclic) bond motifs is 1. The van der Waals surface area contributed by atoms with Gasteiger partial charge in [0.05, 0.1) is 13.2 Å². The van der Waals surface area contributed by atoms with Gasteiger partial charge in [0.1, 0.15) is 0 Å². The van der Waals surface area contributed by atoms with E-state index in [0.29, 0.717) is 5.95 Å². The lowest BCUT2D eigenvalue weighted by molar-refractivity contribution is 0.0398. The second-order valence-corrected chi connectivity index (χ2v) is 7.75. The molecule has 3 heterocycles. The van der Waals surface area contributed by atoms with Crippen molar-refractivity contribution in [3.8, 4) is 0 Å². The topological polar surface area (TPSA) is 69.7 Å². The van der Waals surface area contributed by atoms with E-state index < -0.39 is 0 Å². The minimum absolute atomic E-state index is 0.661. The van der Waals surface area contributed by atoms with Crippen molar-refractivity contribution in [3.63, 3.8) is 0 Å². The summed E-state index contributed by atoms with van der Waals surface area (Å²) in [6, 6.07) is 8.65. The third kappa shape index (κ3) is 4.99. The Morgan fingerprint density at radius 1 is 1.00 bits per heavy atom. The minimum Gasteiger partial charge on any atom is -0.379 e. The van der Waals surface area contributed by atoms with Gasteiger partial charge in [-0.3, -0.25) is 4.90 Å². The van der Waals surface area contributed by atoms with Crippen LogP contribution in [0.15, 0.2) is 24.3 Å². The summed E-state index contributed by atoms with van der Waals surface area (Å²) >= 11 is 0. The summed E-state index contributed by atoms with van der Waals surface area (Å²) in [5.41, 5.74) is 2.78. The van der Waals surface area contributed by atoms with Gasteiger partial charge in [-0.2, -0.15) is 15.0 Å². The normalized spacial score (nSPS) is 16.9. The van der Waals surface area contributed by atoms with E-state index in [9.17, 15) is 0 Å². The lowest BCUT2D eigenvalue weighted by Crippen LogP contribution is -2.39. The van der Waals surface area contributed by atoms with Crippen LogP contribution in [-0.4, -0.2) is 78.9 Å². The van der Waals surface area contributed by atoms with Crippen LogP contribution >= 0.6 is 0 Å². The molecule has 30 heavy (non-hydrogen) atoms. The van der Waals surface area contributed by atoms with Gasteiger partial charge in [-0.1, -0.05) is 24.3 Å². The Balaban J connectivity index is 1.50. The predicted octanol–water partition coefficient (Wildman–Crippen LogP) is 2.02. The molecule has 2 aliphatic rings. The molecule has 4 rings (SSSR count). The molecule has 1 fully saturated rings. The third-order valence-electron chi connectivity index (χ3n) is 5.89. The number of ether oxygens (including phenoxy) is 1. The molecule has 2 aliphatic heterocycles. The van der Waals surface area contributed by atoms with Gasteiger partial charge in [-0.15, -0.1) is 0 Å². The number of morpholine rings is 1. The Kier molecular flexibility index (Phi) is 6.96. The average Bonchev–Trinajstić information content (AvgIpc) is 2.80. The van der Waals surface area contributed by atoms with E-state index in [0.717, 1.165) is 83.9 Å². The number of aromatic nitrogens is 3. The lowest BCUT2D eigenvalue weighted by Gasteiger charge is -2.30. The van der Waals surface area contributed by atoms with Crippen LogP contribution in [0.25, 0.3) is 0 Å². The van der Waals surface area contributed by atoms with Crippen molar-refractivity contribution >= 4 is 17.8 Å². The number of nitrogens with zero attached hydrogens (tertiary/aromatic N) is 6. The van der Waals surface area contributed by atoms with Crippen LogP contribution < -0.4 is 15.1 Å². The zero-order valence-corrected chi connectivity index (χ0v) is 18.2. The molecular weight excluding hydrogens is 378 g/mol. The standard InChI is InChI=1S/C22H33N7O/c1-3-28(4-2)21-24-20(23-10-12-27-13-15-30-16-14-27)25-22(26-21)29-11-9-18-7-5-6-8-19(18)17-29/h5-8H,3-4,9-17H2,1-2H3,(H,23,24,25,26). The van der Waals surface area contributed by atoms with Crippen molar-refractivity contribution < 1.29 is 4.74 Å². The smallest absolute Gasteiger partial charge is 0.232 e. The highest BCUT2D eigenvalue weighted by molar-refractivity contribution is 5.47. The molecule has 0 saturated carbocycles. The molecule has 0 atom stereocenters. The zero-order valence-electron chi connectivity index (χ0n) is 18.2. The lowest BCUT2D eigenvalue weighted by atomic mass is 10.0. The Bertz CT molecular complexity index is 821. The van der Waals surface area contributed by atoms with E-state index in [1.165, 1.54) is 11.1 Å². The fraction of sp³-hybridized carbons (Fsp3) is 0.591. The van der Waals surface area contributed by atoms with E-state index in [2.05, 4.69) is 58.1 Å². The first-order valence-electron chi connectivity index (χ1n) is 11.1. The van der Waals surface area contributed by atoms with Crippen molar-refractivity contribution in [1.82, 2.24) is 19.9 Å². The van der Waals surface area contributed by atoms with Gasteiger partial charge in [-0.05, 0) is 31.4 Å². The SMILES string of the molecule is CCN(CC)c1nc(NCCN2CCOCC2)nc(N2CCc3ccccc3C2)n1. The van der Waals surface area contributed by atoms with Crippen molar-refractivity contribution in [2.75, 3.05) is 74.1 Å². The number of hydrogen-bond acceptors (Lipinski definition) is 8. The van der Waals surface area contributed by atoms with Gasteiger partial charge in [0, 0.05) is 52.4 Å². The van der Waals surface area contributed by atoms with Crippen LogP contribution in [-0.2, 0) is 17.7 Å². The largest absolute Gasteiger partial charge is 0.379 e. The van der Waals surface area contributed by atoms with Gasteiger partial charge in [0.15, 0.2) is 0 Å². The Hall–Kier alpha value is -2.45. The van der Waals surface area contributed by atoms with Crippen LogP contribution in [0.4, 0.5) is 17.8 Å². The fourth-order valence-electron chi connectivity index (χ4n) is 4.04. The molecule has 0 aliphatic carbocycles. The molecule has 0 amide bonds. The van der Waals surface area contributed by atoms with Gasteiger partial charge in [0.25, 0.3) is 0 Å². The molecule has 0 unspecified atom stereocenters. The molecule has 8 nitrogen and oxygen atoms in total. The first-order valence-corrected chi connectivity index (χ1v) is 11.1. The average molecular weight is 412 g/mol. The number of nitrogens with one attached hydrogen (secondary N) is 1. The minimum atomic E-state index is 0.661. The van der Waals surface area contributed by atoms with E-state index in [1.807, 2.05) is 0 Å². The molecule has 0 radical (unpaired) electrons. The molecule has 1 saturated heterocycles. The van der Waals surface area contributed by atoms with E-state index in [4.69, 9.17) is 19.7 Å². The molecule has 2 aromatic rings. The number of benzene rings is 1. The maximum Gasteiger partial charge on any atom is 0.232 e. The highest BCUT2D eigenvalue weighted by Crippen LogP contribution is 2.24. The number of rotatable bonds is 8. The Labute approximate surface area is 179 Å². The van der Waals surface area contributed by atoms with Crippen molar-refractivity contribution in [3.05, 3.63) is 35.4 Å². The summed E-state index contributed by atoms with van der Waals surface area (Å²) in [6.45, 7) is 13.2. The highest BCUT2D eigenvalue weighted by atomic mass is 16.5. The van der Waals surface area contributed by atoms with E-state index >= 15 is 0 Å². The molecule has 162 valence electrons. The zero-order chi connectivity index (χ0) is 20.8. The fourth-order valence-corrected chi connectivity index (χ4v) is 4.04. The van der Waals surface area contributed by atoms with E-state index in [-0.39, 0.29) is 0 Å². The first-order chi connectivity index (χ1) is 14.8. The first kappa shape index (κ1) is 20.8. The highest BCUT2D eigenvalue weighted by Gasteiger charge is 2.21. The second-order valence-electron chi connectivity index (χ2n) is 7.75. The maximum atomic E-state index is 5.43. The van der Waals surface area contributed by atoms with Crippen molar-refractivity contribution in [2.45, 2.75) is 26.8 Å². The summed E-state index contributed by atoms with van der Waals surface area (Å²) in [7, 11) is 0. The summed E-state index contributed by atoms with van der Waals surface area (Å²) in [4.78, 5) is 21.2. The van der Waals surface area contributed by atoms with Gasteiger partial charge in [0.2, 0.25) is 17.8 Å².